The molecule has 3 aromatic heterocycles. The second-order valence-corrected chi connectivity index (χ2v) is 6.98. The van der Waals surface area contributed by atoms with Gasteiger partial charge in [-0.1, -0.05) is 24.3 Å². The summed E-state index contributed by atoms with van der Waals surface area (Å²) in [7, 11) is 1.79. The van der Waals surface area contributed by atoms with Crippen LogP contribution in [0.5, 0.6) is 0 Å². The Morgan fingerprint density at radius 1 is 0.929 bits per heavy atom. The molecular formula is C23H18N4O. The molecule has 136 valence electrons. The fourth-order valence-electron chi connectivity index (χ4n) is 3.72. The maximum atomic E-state index is 13.1. The highest BCUT2D eigenvalue weighted by atomic mass is 16.1. The van der Waals surface area contributed by atoms with Gasteiger partial charge in [0, 0.05) is 30.4 Å². The van der Waals surface area contributed by atoms with Crippen molar-refractivity contribution in [3.8, 4) is 16.8 Å². The van der Waals surface area contributed by atoms with Gasteiger partial charge in [0.25, 0.3) is 0 Å². The van der Waals surface area contributed by atoms with E-state index in [1.807, 2.05) is 61.7 Å². The molecule has 5 heteroatoms. The molecule has 0 saturated heterocycles. The smallest absolute Gasteiger partial charge is 0.293 e. The van der Waals surface area contributed by atoms with E-state index in [-0.39, 0.29) is 5.69 Å². The quantitative estimate of drug-likeness (QED) is 0.469. The van der Waals surface area contributed by atoms with Crippen molar-refractivity contribution in [3.05, 3.63) is 89.2 Å². The summed E-state index contributed by atoms with van der Waals surface area (Å²) in [4.78, 5) is 21.9. The van der Waals surface area contributed by atoms with Crippen molar-refractivity contribution in [2.45, 2.75) is 6.92 Å². The minimum absolute atomic E-state index is 0.0818. The van der Waals surface area contributed by atoms with E-state index in [1.165, 1.54) is 0 Å². The standard InChI is InChI=1S/C23H18N4O/c1-15-5-3-7-18(11-15)27-22-19-12-16(17-6-4-10-24-13-17)8-9-20(19)25-14-21(22)26(2)23(27)28/h3-14H,1-2H3. The Bertz CT molecular complexity index is 1400. The number of aryl methyl sites for hydroxylation is 2. The lowest BCUT2D eigenvalue weighted by atomic mass is 10.0. The average molecular weight is 366 g/mol. The number of fused-ring (bicyclic) bond motifs is 3. The van der Waals surface area contributed by atoms with E-state index in [0.29, 0.717) is 0 Å². The molecule has 0 spiro atoms. The molecule has 0 unspecified atom stereocenters. The van der Waals surface area contributed by atoms with E-state index in [2.05, 4.69) is 16.0 Å². The Morgan fingerprint density at radius 2 is 1.82 bits per heavy atom. The van der Waals surface area contributed by atoms with Crippen molar-refractivity contribution in [2.75, 3.05) is 0 Å². The van der Waals surface area contributed by atoms with E-state index < -0.39 is 0 Å². The van der Waals surface area contributed by atoms with Crippen LogP contribution in [0.1, 0.15) is 5.56 Å². The molecule has 28 heavy (non-hydrogen) atoms. The molecule has 5 aromatic rings. The summed E-state index contributed by atoms with van der Waals surface area (Å²) in [6.45, 7) is 2.03. The highest BCUT2D eigenvalue weighted by Gasteiger charge is 2.16. The van der Waals surface area contributed by atoms with Crippen LogP contribution in [-0.4, -0.2) is 19.1 Å². The highest BCUT2D eigenvalue weighted by Crippen LogP contribution is 2.29. The molecule has 0 bridgehead atoms. The first kappa shape index (κ1) is 16.4. The van der Waals surface area contributed by atoms with Crippen molar-refractivity contribution in [1.82, 2.24) is 19.1 Å². The van der Waals surface area contributed by atoms with Gasteiger partial charge in [0.15, 0.2) is 0 Å². The largest absolute Gasteiger partial charge is 0.333 e. The van der Waals surface area contributed by atoms with Crippen molar-refractivity contribution in [3.63, 3.8) is 0 Å². The van der Waals surface area contributed by atoms with Crippen LogP contribution in [0, 0.1) is 6.92 Å². The molecule has 0 aliphatic rings. The van der Waals surface area contributed by atoms with Crippen LogP contribution in [0.2, 0.25) is 0 Å². The van der Waals surface area contributed by atoms with Crippen molar-refractivity contribution in [1.29, 1.82) is 0 Å². The highest BCUT2D eigenvalue weighted by molar-refractivity contribution is 6.04. The summed E-state index contributed by atoms with van der Waals surface area (Å²) in [5.74, 6) is 0. The molecule has 0 radical (unpaired) electrons. The maximum absolute atomic E-state index is 13.1. The van der Waals surface area contributed by atoms with Gasteiger partial charge in [-0.15, -0.1) is 0 Å². The van der Waals surface area contributed by atoms with Gasteiger partial charge in [0.05, 0.1) is 28.4 Å². The SMILES string of the molecule is Cc1cccc(-n2c(=O)n(C)c3cnc4ccc(-c5cccnc5)cc4c32)c1. The number of nitrogens with zero attached hydrogens (tertiary/aromatic N) is 4. The Labute approximate surface area is 161 Å². The van der Waals surface area contributed by atoms with Gasteiger partial charge in [-0.3, -0.25) is 19.1 Å². The average Bonchev–Trinajstić information content (AvgIpc) is 2.99. The monoisotopic (exact) mass is 366 g/mol. The lowest BCUT2D eigenvalue weighted by molar-refractivity contribution is 0.845. The molecule has 0 fully saturated rings. The number of pyridine rings is 2. The van der Waals surface area contributed by atoms with Gasteiger partial charge in [-0.05, 0) is 48.4 Å². The number of aromatic nitrogens is 4. The summed E-state index contributed by atoms with van der Waals surface area (Å²) in [6, 6.07) is 18.1. The minimum Gasteiger partial charge on any atom is -0.293 e. The summed E-state index contributed by atoms with van der Waals surface area (Å²) >= 11 is 0. The normalized spacial score (nSPS) is 11.4. The molecular weight excluding hydrogens is 348 g/mol. The van der Waals surface area contributed by atoms with Crippen LogP contribution in [0.3, 0.4) is 0 Å². The molecule has 2 aromatic carbocycles. The molecule has 3 heterocycles. The Balaban J connectivity index is 1.91. The molecule has 0 aliphatic carbocycles. The molecule has 0 atom stereocenters. The van der Waals surface area contributed by atoms with Crippen LogP contribution in [0.4, 0.5) is 0 Å². The number of hydrogen-bond acceptors (Lipinski definition) is 3. The molecule has 0 N–H and O–H groups in total. The minimum atomic E-state index is -0.0818. The van der Waals surface area contributed by atoms with Gasteiger partial charge >= 0.3 is 5.69 Å². The third-order valence-electron chi connectivity index (χ3n) is 5.14. The van der Waals surface area contributed by atoms with E-state index in [1.54, 1.807) is 28.6 Å². The van der Waals surface area contributed by atoms with Gasteiger partial charge < -0.3 is 0 Å². The number of benzene rings is 2. The first-order chi connectivity index (χ1) is 13.6. The lowest BCUT2D eigenvalue weighted by Gasteiger charge is -2.08. The van der Waals surface area contributed by atoms with Crippen LogP contribution in [0.25, 0.3) is 38.8 Å². The fourth-order valence-corrected chi connectivity index (χ4v) is 3.72. The number of hydrogen-bond donors (Lipinski definition) is 0. The summed E-state index contributed by atoms with van der Waals surface area (Å²) in [5.41, 5.74) is 6.49. The first-order valence-electron chi connectivity index (χ1n) is 9.11. The Morgan fingerprint density at radius 3 is 2.61 bits per heavy atom. The first-order valence-corrected chi connectivity index (χ1v) is 9.11. The second kappa shape index (κ2) is 6.16. The topological polar surface area (TPSA) is 52.7 Å². The zero-order valence-electron chi connectivity index (χ0n) is 15.6. The van der Waals surface area contributed by atoms with Gasteiger partial charge in [0.2, 0.25) is 0 Å². The molecule has 0 saturated carbocycles. The van der Waals surface area contributed by atoms with Crippen LogP contribution >= 0.6 is 0 Å². The predicted molar refractivity (Wildman–Crippen MR) is 112 cm³/mol. The zero-order valence-corrected chi connectivity index (χ0v) is 15.6. The summed E-state index contributed by atoms with van der Waals surface area (Å²) < 4.78 is 3.43. The lowest BCUT2D eigenvalue weighted by Crippen LogP contribution is -2.20. The Hall–Kier alpha value is -3.73. The molecule has 0 aliphatic heterocycles. The van der Waals surface area contributed by atoms with E-state index >= 15 is 0 Å². The second-order valence-electron chi connectivity index (χ2n) is 6.98. The van der Waals surface area contributed by atoms with Crippen molar-refractivity contribution >= 4 is 21.9 Å². The number of imidazole rings is 1. The van der Waals surface area contributed by atoms with Crippen LogP contribution in [0.15, 0.2) is 78.0 Å². The Kier molecular flexibility index (Phi) is 3.62. The van der Waals surface area contributed by atoms with Crippen molar-refractivity contribution < 1.29 is 0 Å². The third-order valence-corrected chi connectivity index (χ3v) is 5.14. The van der Waals surface area contributed by atoms with E-state index in [4.69, 9.17) is 0 Å². The van der Waals surface area contributed by atoms with Gasteiger partial charge in [-0.2, -0.15) is 0 Å². The molecule has 0 amide bonds. The van der Waals surface area contributed by atoms with Crippen molar-refractivity contribution in [2.24, 2.45) is 7.05 Å². The zero-order chi connectivity index (χ0) is 19.3. The van der Waals surface area contributed by atoms with Crippen LogP contribution in [-0.2, 0) is 7.05 Å². The third kappa shape index (κ3) is 2.44. The van der Waals surface area contributed by atoms with E-state index in [9.17, 15) is 4.79 Å². The summed E-state index contributed by atoms with van der Waals surface area (Å²) in [5, 5.41) is 0.943. The van der Waals surface area contributed by atoms with Gasteiger partial charge in [-0.25, -0.2) is 4.79 Å². The van der Waals surface area contributed by atoms with E-state index in [0.717, 1.165) is 44.3 Å². The number of rotatable bonds is 2. The van der Waals surface area contributed by atoms with Gasteiger partial charge in [0.1, 0.15) is 0 Å². The van der Waals surface area contributed by atoms with Crippen LogP contribution < -0.4 is 5.69 Å². The maximum Gasteiger partial charge on any atom is 0.333 e. The predicted octanol–water partition coefficient (Wildman–Crippen LogP) is 4.25. The molecule has 5 nitrogen and oxygen atoms in total. The molecule has 5 rings (SSSR count). The fraction of sp³-hybridized carbons (Fsp3) is 0.0870. The summed E-state index contributed by atoms with van der Waals surface area (Å²) in [6.07, 6.45) is 5.37.